The normalized spacial score (nSPS) is 22.1. The fourth-order valence-electron chi connectivity index (χ4n) is 3.78. The Morgan fingerprint density at radius 2 is 1.58 bits per heavy atom. The average molecular weight is 358 g/mol. The summed E-state index contributed by atoms with van der Waals surface area (Å²) in [4.78, 5) is 28.6. The van der Waals surface area contributed by atoms with Gasteiger partial charge in [0.25, 0.3) is 0 Å². The van der Waals surface area contributed by atoms with Gasteiger partial charge in [0, 0.05) is 6.54 Å². The second kappa shape index (κ2) is 7.50. The number of likely N-dealkylation sites (tertiary alicyclic amines) is 1. The summed E-state index contributed by atoms with van der Waals surface area (Å²) in [6.07, 6.45) is 5.35. The zero-order chi connectivity index (χ0) is 18.8. The first kappa shape index (κ1) is 18.5. The van der Waals surface area contributed by atoms with E-state index in [-0.39, 0.29) is 23.7 Å². The van der Waals surface area contributed by atoms with Crippen LogP contribution < -0.4 is 9.47 Å². The van der Waals surface area contributed by atoms with Gasteiger partial charge < -0.3 is 9.47 Å². The molecule has 1 fully saturated rings. The second-order valence-corrected chi connectivity index (χ2v) is 7.05. The van der Waals surface area contributed by atoms with Crippen LogP contribution in [0.5, 0.6) is 11.5 Å². The molecule has 1 aromatic carbocycles. The van der Waals surface area contributed by atoms with Crippen molar-refractivity contribution in [3.63, 3.8) is 0 Å². The molecule has 1 heterocycles. The molecular formula is C20H26N2O4. The molecule has 0 spiro atoms. The molecule has 2 amide bonds. The van der Waals surface area contributed by atoms with Gasteiger partial charge in [-0.2, -0.15) is 0 Å². The smallest absolute Gasteiger partial charge is 0.234 e. The van der Waals surface area contributed by atoms with Crippen LogP contribution in [0, 0.1) is 18.8 Å². The average Bonchev–Trinajstić information content (AvgIpc) is 2.88. The highest BCUT2D eigenvalue weighted by atomic mass is 16.5. The van der Waals surface area contributed by atoms with Crippen LogP contribution in [-0.4, -0.2) is 49.6 Å². The van der Waals surface area contributed by atoms with Crippen LogP contribution in [0.1, 0.15) is 24.0 Å². The standard InChI is InChI=1S/C20H26N2O4/c1-13-9-17(25-3)18(26-4)10-14(13)11-21(2)12-22-19(23)15-7-5-6-8-16(15)20(22)24/h5-6,9-10,15-16H,7-8,11-12H2,1-4H3/t15-,16+. The van der Waals surface area contributed by atoms with E-state index in [1.165, 1.54) is 4.90 Å². The molecule has 2 aliphatic rings. The van der Waals surface area contributed by atoms with Crippen molar-refractivity contribution in [3.05, 3.63) is 35.4 Å². The summed E-state index contributed by atoms with van der Waals surface area (Å²) in [5, 5.41) is 0. The van der Waals surface area contributed by atoms with E-state index >= 15 is 0 Å². The molecule has 0 saturated carbocycles. The third kappa shape index (κ3) is 3.33. The maximum atomic E-state index is 12.6. The molecule has 140 valence electrons. The quantitative estimate of drug-likeness (QED) is 0.577. The summed E-state index contributed by atoms with van der Waals surface area (Å²) in [6.45, 7) is 2.92. The molecule has 6 heteroatoms. The van der Waals surface area contributed by atoms with Crippen molar-refractivity contribution in [1.29, 1.82) is 0 Å². The highest BCUT2D eigenvalue weighted by Crippen LogP contribution is 2.35. The number of carbonyl (C=O) groups is 2. The number of allylic oxidation sites excluding steroid dienone is 2. The summed E-state index contributed by atoms with van der Waals surface area (Å²) in [7, 11) is 5.14. The first-order valence-corrected chi connectivity index (χ1v) is 8.86. The number of ether oxygens (including phenoxy) is 2. The molecule has 1 aromatic rings. The zero-order valence-corrected chi connectivity index (χ0v) is 15.8. The molecule has 2 atom stereocenters. The maximum Gasteiger partial charge on any atom is 0.234 e. The molecule has 0 radical (unpaired) electrons. The second-order valence-electron chi connectivity index (χ2n) is 7.05. The number of benzene rings is 1. The Hall–Kier alpha value is -2.34. The molecule has 1 saturated heterocycles. The maximum absolute atomic E-state index is 12.6. The lowest BCUT2D eigenvalue weighted by atomic mass is 9.85. The topological polar surface area (TPSA) is 59.1 Å². The van der Waals surface area contributed by atoms with Crippen LogP contribution >= 0.6 is 0 Å². The van der Waals surface area contributed by atoms with Crippen molar-refractivity contribution in [2.24, 2.45) is 11.8 Å². The zero-order valence-electron chi connectivity index (χ0n) is 15.8. The van der Waals surface area contributed by atoms with E-state index in [4.69, 9.17) is 9.47 Å². The van der Waals surface area contributed by atoms with Crippen LogP contribution in [0.2, 0.25) is 0 Å². The Balaban J connectivity index is 1.70. The van der Waals surface area contributed by atoms with E-state index < -0.39 is 0 Å². The van der Waals surface area contributed by atoms with Gasteiger partial charge >= 0.3 is 0 Å². The van der Waals surface area contributed by atoms with Gasteiger partial charge in [-0.05, 0) is 50.1 Å². The van der Waals surface area contributed by atoms with Gasteiger partial charge in [-0.15, -0.1) is 0 Å². The van der Waals surface area contributed by atoms with Crippen LogP contribution in [-0.2, 0) is 16.1 Å². The van der Waals surface area contributed by atoms with Gasteiger partial charge in [0.05, 0.1) is 32.7 Å². The van der Waals surface area contributed by atoms with E-state index in [2.05, 4.69) is 0 Å². The number of hydrogen-bond acceptors (Lipinski definition) is 5. The summed E-state index contributed by atoms with van der Waals surface area (Å²) >= 11 is 0. The Morgan fingerprint density at radius 1 is 1.04 bits per heavy atom. The minimum absolute atomic E-state index is 0.0415. The first-order valence-electron chi connectivity index (χ1n) is 8.86. The van der Waals surface area contributed by atoms with Gasteiger partial charge in [-0.25, -0.2) is 0 Å². The number of aryl methyl sites for hydroxylation is 1. The van der Waals surface area contributed by atoms with E-state index in [0.29, 0.717) is 37.6 Å². The Labute approximate surface area is 154 Å². The van der Waals surface area contributed by atoms with Gasteiger partial charge in [0.2, 0.25) is 11.8 Å². The number of rotatable bonds is 6. The number of hydrogen-bond donors (Lipinski definition) is 0. The minimum Gasteiger partial charge on any atom is -0.493 e. The number of carbonyl (C=O) groups excluding carboxylic acids is 2. The van der Waals surface area contributed by atoms with E-state index in [9.17, 15) is 9.59 Å². The Bertz CT molecular complexity index is 718. The highest BCUT2D eigenvalue weighted by Gasteiger charge is 2.47. The summed E-state index contributed by atoms with van der Waals surface area (Å²) < 4.78 is 10.7. The number of imide groups is 1. The van der Waals surface area contributed by atoms with Gasteiger partial charge in [0.1, 0.15) is 0 Å². The van der Waals surface area contributed by atoms with Crippen molar-refractivity contribution < 1.29 is 19.1 Å². The van der Waals surface area contributed by atoms with Crippen molar-refractivity contribution in [3.8, 4) is 11.5 Å². The van der Waals surface area contributed by atoms with Gasteiger partial charge in [0.15, 0.2) is 11.5 Å². The van der Waals surface area contributed by atoms with E-state index in [1.54, 1.807) is 14.2 Å². The Morgan fingerprint density at radius 3 is 2.12 bits per heavy atom. The number of methoxy groups -OCH3 is 2. The lowest BCUT2D eigenvalue weighted by Crippen LogP contribution is -2.40. The number of amides is 2. The molecule has 3 rings (SSSR count). The fraction of sp³-hybridized carbons (Fsp3) is 0.500. The summed E-state index contributed by atoms with van der Waals surface area (Å²) in [5.74, 6) is 0.928. The predicted molar refractivity (Wildman–Crippen MR) is 97.8 cm³/mol. The number of fused-ring (bicyclic) bond motifs is 1. The SMILES string of the molecule is COc1cc(C)c(CN(C)CN2C(=O)[C@H]3CC=CC[C@H]3C2=O)cc1OC. The summed E-state index contributed by atoms with van der Waals surface area (Å²) in [6, 6.07) is 3.89. The molecule has 0 aromatic heterocycles. The van der Waals surface area contributed by atoms with Crippen molar-refractivity contribution >= 4 is 11.8 Å². The van der Waals surface area contributed by atoms with Crippen LogP contribution in [0.3, 0.4) is 0 Å². The van der Waals surface area contributed by atoms with Crippen LogP contribution in [0.15, 0.2) is 24.3 Å². The number of nitrogens with zero attached hydrogens (tertiary/aromatic N) is 2. The van der Waals surface area contributed by atoms with E-state index in [0.717, 1.165) is 11.1 Å². The summed E-state index contributed by atoms with van der Waals surface area (Å²) in [5.41, 5.74) is 2.15. The first-order chi connectivity index (χ1) is 12.5. The molecule has 1 aliphatic carbocycles. The molecular weight excluding hydrogens is 332 g/mol. The van der Waals surface area contributed by atoms with Crippen molar-refractivity contribution in [2.45, 2.75) is 26.3 Å². The van der Waals surface area contributed by atoms with Crippen LogP contribution in [0.4, 0.5) is 0 Å². The van der Waals surface area contributed by atoms with Crippen LogP contribution in [0.25, 0.3) is 0 Å². The largest absolute Gasteiger partial charge is 0.493 e. The molecule has 0 N–H and O–H groups in total. The molecule has 1 aliphatic heterocycles. The van der Waals surface area contributed by atoms with Crippen molar-refractivity contribution in [2.75, 3.05) is 27.9 Å². The molecule has 26 heavy (non-hydrogen) atoms. The van der Waals surface area contributed by atoms with Gasteiger partial charge in [-0.3, -0.25) is 19.4 Å². The minimum atomic E-state index is -0.177. The van der Waals surface area contributed by atoms with Gasteiger partial charge in [-0.1, -0.05) is 12.2 Å². The Kier molecular flexibility index (Phi) is 5.32. The molecule has 6 nitrogen and oxygen atoms in total. The van der Waals surface area contributed by atoms with E-state index in [1.807, 2.05) is 43.2 Å². The lowest BCUT2D eigenvalue weighted by Gasteiger charge is -2.24. The fourth-order valence-corrected chi connectivity index (χ4v) is 3.78. The monoisotopic (exact) mass is 358 g/mol. The predicted octanol–water partition coefficient (Wildman–Crippen LogP) is 2.35. The molecule has 0 unspecified atom stereocenters. The third-order valence-corrected chi connectivity index (χ3v) is 5.26. The lowest BCUT2D eigenvalue weighted by molar-refractivity contribution is -0.142. The highest BCUT2D eigenvalue weighted by molar-refractivity contribution is 6.05. The third-order valence-electron chi connectivity index (χ3n) is 5.26. The molecule has 0 bridgehead atoms. The van der Waals surface area contributed by atoms with Crippen molar-refractivity contribution in [1.82, 2.24) is 9.80 Å².